The lowest BCUT2D eigenvalue weighted by atomic mass is 10.1. The number of hydrogen-bond donors (Lipinski definition) is 0. The second kappa shape index (κ2) is 5.67. The van der Waals surface area contributed by atoms with E-state index < -0.39 is 11.0 Å². The Kier molecular flexibility index (Phi) is 4.98. The predicted octanol–water partition coefficient (Wildman–Crippen LogP) is 5.39. The van der Waals surface area contributed by atoms with Gasteiger partial charge in [0.15, 0.2) is 0 Å². The summed E-state index contributed by atoms with van der Waals surface area (Å²) in [6, 6.07) is 2.44. The molecule has 0 heterocycles. The van der Waals surface area contributed by atoms with Gasteiger partial charge < -0.3 is 4.74 Å². The predicted molar refractivity (Wildman–Crippen MR) is 65.4 cm³/mol. The lowest BCUT2D eigenvalue weighted by Crippen LogP contribution is -2.15. The van der Waals surface area contributed by atoms with Crippen molar-refractivity contribution in [1.82, 2.24) is 0 Å². The van der Waals surface area contributed by atoms with Crippen LogP contribution >= 0.6 is 39.1 Å². The first-order valence-electron chi connectivity index (χ1n) is 4.60. The minimum Gasteiger partial charge on any atom is -0.492 e. The van der Waals surface area contributed by atoms with Crippen LogP contribution in [0.4, 0.5) is 13.2 Å². The molecule has 1 aromatic carbocycles. The fourth-order valence-electron chi connectivity index (χ4n) is 1.18. The van der Waals surface area contributed by atoms with Crippen molar-refractivity contribution in [3.05, 3.63) is 27.7 Å². The van der Waals surface area contributed by atoms with Crippen molar-refractivity contribution in [1.29, 1.82) is 0 Å². The van der Waals surface area contributed by atoms with E-state index >= 15 is 0 Å². The summed E-state index contributed by atoms with van der Waals surface area (Å²) in [4.78, 5) is -1.85. The smallest absolute Gasteiger partial charge is 0.405 e. The van der Waals surface area contributed by atoms with E-state index in [2.05, 4.69) is 15.9 Å². The Morgan fingerprint density at radius 2 is 1.88 bits per heavy atom. The Hall–Kier alpha value is -0.130. The van der Waals surface area contributed by atoms with Gasteiger partial charge in [0.1, 0.15) is 10.6 Å². The van der Waals surface area contributed by atoms with Crippen molar-refractivity contribution in [2.75, 3.05) is 6.61 Å². The molecule has 0 saturated carbocycles. The van der Waals surface area contributed by atoms with Crippen molar-refractivity contribution < 1.29 is 17.9 Å². The minimum atomic E-state index is -4.43. The first-order valence-corrected chi connectivity index (χ1v) is 6.27. The summed E-state index contributed by atoms with van der Waals surface area (Å²) < 4.78 is 42.7. The fourth-order valence-corrected chi connectivity index (χ4v) is 2.18. The SMILES string of the molecule is CCOc1cc(Cl)c(C(Br)C(F)(F)F)cc1Cl. The number of alkyl halides is 4. The molecule has 0 spiro atoms. The maximum absolute atomic E-state index is 12.5. The van der Waals surface area contributed by atoms with Crippen LogP contribution in [0.2, 0.25) is 10.0 Å². The molecule has 0 bridgehead atoms. The van der Waals surface area contributed by atoms with Crippen LogP contribution in [0.5, 0.6) is 5.75 Å². The summed E-state index contributed by atoms with van der Waals surface area (Å²) in [6.45, 7) is 2.09. The molecule has 0 saturated heterocycles. The Morgan fingerprint density at radius 3 is 2.35 bits per heavy atom. The molecule has 1 nitrogen and oxygen atoms in total. The summed E-state index contributed by atoms with van der Waals surface area (Å²) in [6.07, 6.45) is -4.43. The van der Waals surface area contributed by atoms with Crippen molar-refractivity contribution in [2.45, 2.75) is 17.9 Å². The molecule has 17 heavy (non-hydrogen) atoms. The van der Waals surface area contributed by atoms with Gasteiger partial charge in [-0.1, -0.05) is 39.1 Å². The van der Waals surface area contributed by atoms with Crippen molar-refractivity contribution >= 4 is 39.1 Å². The van der Waals surface area contributed by atoms with Crippen LogP contribution in [0, 0.1) is 0 Å². The molecular weight excluding hydrogens is 344 g/mol. The second-order valence-electron chi connectivity index (χ2n) is 3.14. The number of benzene rings is 1. The molecule has 7 heteroatoms. The maximum Gasteiger partial charge on any atom is 0.405 e. The minimum absolute atomic E-state index is 0.0444. The molecule has 1 rings (SSSR count). The van der Waals surface area contributed by atoms with Gasteiger partial charge in [-0.15, -0.1) is 0 Å². The first kappa shape index (κ1) is 14.9. The largest absolute Gasteiger partial charge is 0.492 e. The third-order valence-corrected chi connectivity index (χ3v) is 3.55. The van der Waals surface area contributed by atoms with Gasteiger partial charge in [-0.25, -0.2) is 0 Å². The summed E-state index contributed by atoms with van der Waals surface area (Å²) in [7, 11) is 0. The van der Waals surface area contributed by atoms with Gasteiger partial charge in [0, 0.05) is 11.1 Å². The monoisotopic (exact) mass is 350 g/mol. The van der Waals surface area contributed by atoms with Gasteiger partial charge in [-0.3, -0.25) is 0 Å². The number of rotatable bonds is 3. The normalized spacial score (nSPS) is 13.6. The van der Waals surface area contributed by atoms with Crippen LogP contribution < -0.4 is 4.74 Å². The molecule has 0 aliphatic carbocycles. The lowest BCUT2D eigenvalue weighted by molar-refractivity contribution is -0.128. The highest BCUT2D eigenvalue weighted by Crippen LogP contribution is 2.44. The Balaban J connectivity index is 3.15. The van der Waals surface area contributed by atoms with Crippen LogP contribution in [0.25, 0.3) is 0 Å². The Labute approximate surface area is 115 Å². The third kappa shape index (κ3) is 3.66. The maximum atomic E-state index is 12.5. The average Bonchev–Trinajstić information content (AvgIpc) is 2.21. The molecule has 0 fully saturated rings. The average molecular weight is 352 g/mol. The third-order valence-electron chi connectivity index (χ3n) is 1.91. The molecule has 96 valence electrons. The molecule has 0 amide bonds. The van der Waals surface area contributed by atoms with Gasteiger partial charge in [-0.05, 0) is 18.6 Å². The van der Waals surface area contributed by atoms with Crippen LogP contribution in [0.15, 0.2) is 12.1 Å². The van der Waals surface area contributed by atoms with Crippen LogP contribution in [-0.2, 0) is 0 Å². The van der Waals surface area contributed by atoms with Crippen LogP contribution in [-0.4, -0.2) is 12.8 Å². The van der Waals surface area contributed by atoms with E-state index in [1.165, 1.54) is 6.07 Å². The molecule has 1 atom stereocenters. The zero-order chi connectivity index (χ0) is 13.2. The van der Waals surface area contributed by atoms with E-state index in [0.717, 1.165) is 6.07 Å². The summed E-state index contributed by atoms with van der Waals surface area (Å²) >= 11 is 14.1. The summed E-state index contributed by atoms with van der Waals surface area (Å²) in [5.41, 5.74) is -0.132. The quantitative estimate of drug-likeness (QED) is 0.663. The van der Waals surface area contributed by atoms with E-state index in [1.54, 1.807) is 6.92 Å². The van der Waals surface area contributed by atoms with Gasteiger partial charge >= 0.3 is 6.18 Å². The lowest BCUT2D eigenvalue weighted by Gasteiger charge is -2.17. The highest BCUT2D eigenvalue weighted by molar-refractivity contribution is 9.09. The molecule has 0 radical (unpaired) electrons. The van der Waals surface area contributed by atoms with E-state index in [4.69, 9.17) is 27.9 Å². The van der Waals surface area contributed by atoms with Gasteiger partial charge in [0.2, 0.25) is 0 Å². The van der Waals surface area contributed by atoms with Gasteiger partial charge in [0.05, 0.1) is 11.6 Å². The summed E-state index contributed by atoms with van der Waals surface area (Å²) in [5.74, 6) is 0.268. The second-order valence-corrected chi connectivity index (χ2v) is 4.87. The number of halogens is 6. The first-order chi connectivity index (χ1) is 7.77. The molecule has 0 aliphatic rings. The Bertz CT molecular complexity index is 409. The van der Waals surface area contributed by atoms with Gasteiger partial charge in [-0.2, -0.15) is 13.2 Å². The zero-order valence-corrected chi connectivity index (χ0v) is 11.7. The molecule has 0 N–H and O–H groups in total. The van der Waals surface area contributed by atoms with E-state index in [1.807, 2.05) is 0 Å². The summed E-state index contributed by atoms with van der Waals surface area (Å²) in [5, 5.41) is 0.0528. The Morgan fingerprint density at radius 1 is 1.29 bits per heavy atom. The molecule has 0 aromatic heterocycles. The fraction of sp³-hybridized carbons (Fsp3) is 0.400. The van der Waals surface area contributed by atoms with Crippen molar-refractivity contribution in [3.8, 4) is 5.75 Å². The van der Waals surface area contributed by atoms with Crippen molar-refractivity contribution in [3.63, 3.8) is 0 Å². The van der Waals surface area contributed by atoms with Crippen molar-refractivity contribution in [2.24, 2.45) is 0 Å². The molecule has 1 unspecified atom stereocenters. The number of ether oxygens (including phenoxy) is 1. The highest BCUT2D eigenvalue weighted by atomic mass is 79.9. The molecule has 0 aliphatic heterocycles. The van der Waals surface area contributed by atoms with E-state index in [-0.39, 0.29) is 21.4 Å². The highest BCUT2D eigenvalue weighted by Gasteiger charge is 2.40. The van der Waals surface area contributed by atoms with Crippen LogP contribution in [0.1, 0.15) is 17.3 Å². The topological polar surface area (TPSA) is 9.23 Å². The van der Waals surface area contributed by atoms with Crippen LogP contribution in [0.3, 0.4) is 0 Å². The zero-order valence-electron chi connectivity index (χ0n) is 8.62. The molecular formula is C10H8BrCl2F3O. The standard InChI is InChI=1S/C10H8BrCl2F3O/c1-2-17-8-4-6(12)5(3-7(8)13)9(11)10(14,15)16/h3-4,9H,2H2,1H3. The number of hydrogen-bond acceptors (Lipinski definition) is 1. The van der Waals surface area contributed by atoms with E-state index in [0.29, 0.717) is 6.61 Å². The molecule has 1 aromatic rings. The van der Waals surface area contributed by atoms with Gasteiger partial charge in [0.25, 0.3) is 0 Å². The van der Waals surface area contributed by atoms with E-state index in [9.17, 15) is 13.2 Å².